The van der Waals surface area contributed by atoms with Crippen molar-refractivity contribution in [2.75, 3.05) is 19.6 Å². The second-order valence-corrected chi connectivity index (χ2v) is 5.41. The SMILES string of the molecule is CCCNCCNC(=O)c1cncc(-c2ccc(Cl)cc2)c1.Cl.Cl. The molecule has 0 atom stereocenters. The summed E-state index contributed by atoms with van der Waals surface area (Å²) < 4.78 is 0. The number of benzene rings is 1. The molecule has 0 aliphatic carbocycles. The van der Waals surface area contributed by atoms with Crippen molar-refractivity contribution in [2.24, 2.45) is 0 Å². The summed E-state index contributed by atoms with van der Waals surface area (Å²) in [6.07, 6.45) is 4.40. The Kier molecular flexibility index (Phi) is 11.4. The number of amides is 1. The summed E-state index contributed by atoms with van der Waals surface area (Å²) in [4.78, 5) is 16.3. The fraction of sp³-hybridized carbons (Fsp3) is 0.294. The monoisotopic (exact) mass is 389 g/mol. The van der Waals surface area contributed by atoms with Crippen LogP contribution in [0.5, 0.6) is 0 Å². The summed E-state index contributed by atoms with van der Waals surface area (Å²) in [5, 5.41) is 6.81. The standard InChI is InChI=1S/C17H20ClN3O.2ClH/c1-2-7-19-8-9-21-17(22)15-10-14(11-20-12-15)13-3-5-16(18)6-4-13;;/h3-6,10-12,19H,2,7-9H2,1H3,(H,21,22);2*1H. The first-order valence-electron chi connectivity index (χ1n) is 7.40. The van der Waals surface area contributed by atoms with Crippen molar-refractivity contribution in [3.05, 3.63) is 53.3 Å². The largest absolute Gasteiger partial charge is 0.351 e. The van der Waals surface area contributed by atoms with Gasteiger partial charge in [0.1, 0.15) is 0 Å². The van der Waals surface area contributed by atoms with E-state index in [1.54, 1.807) is 12.4 Å². The maximum atomic E-state index is 12.1. The number of aromatic nitrogens is 1. The fourth-order valence-corrected chi connectivity index (χ4v) is 2.16. The molecule has 0 saturated heterocycles. The minimum absolute atomic E-state index is 0. The van der Waals surface area contributed by atoms with Gasteiger partial charge in [-0.15, -0.1) is 24.8 Å². The van der Waals surface area contributed by atoms with E-state index < -0.39 is 0 Å². The lowest BCUT2D eigenvalue weighted by Crippen LogP contribution is -2.32. The lowest BCUT2D eigenvalue weighted by atomic mass is 10.1. The normalized spacial score (nSPS) is 9.58. The molecule has 0 spiro atoms. The molecule has 0 radical (unpaired) electrons. The van der Waals surface area contributed by atoms with Gasteiger partial charge in [-0.25, -0.2) is 0 Å². The molecule has 0 aliphatic rings. The Balaban J connectivity index is 0.00000264. The van der Waals surface area contributed by atoms with Gasteiger partial charge in [0.05, 0.1) is 5.56 Å². The van der Waals surface area contributed by atoms with Gasteiger partial charge in [0, 0.05) is 36.1 Å². The van der Waals surface area contributed by atoms with Crippen LogP contribution in [-0.2, 0) is 0 Å². The molecule has 132 valence electrons. The quantitative estimate of drug-likeness (QED) is 0.703. The van der Waals surface area contributed by atoms with E-state index in [0.717, 1.165) is 30.6 Å². The fourth-order valence-electron chi connectivity index (χ4n) is 2.03. The number of carbonyl (C=O) groups excluding carboxylic acids is 1. The summed E-state index contributed by atoms with van der Waals surface area (Å²) in [5.41, 5.74) is 2.44. The van der Waals surface area contributed by atoms with Gasteiger partial charge in [-0.05, 0) is 36.7 Å². The zero-order valence-corrected chi connectivity index (χ0v) is 15.8. The van der Waals surface area contributed by atoms with Gasteiger partial charge in [-0.2, -0.15) is 0 Å². The molecule has 0 saturated carbocycles. The molecule has 2 N–H and O–H groups in total. The van der Waals surface area contributed by atoms with Crippen molar-refractivity contribution < 1.29 is 4.79 Å². The van der Waals surface area contributed by atoms with Crippen molar-refractivity contribution in [1.82, 2.24) is 15.6 Å². The molecule has 1 heterocycles. The maximum absolute atomic E-state index is 12.1. The third-order valence-electron chi connectivity index (χ3n) is 3.19. The van der Waals surface area contributed by atoms with Crippen molar-refractivity contribution in [1.29, 1.82) is 0 Å². The van der Waals surface area contributed by atoms with Crippen LogP contribution in [0.1, 0.15) is 23.7 Å². The first kappa shape index (κ1) is 22.7. The number of halogens is 3. The third-order valence-corrected chi connectivity index (χ3v) is 3.44. The van der Waals surface area contributed by atoms with Crippen LogP contribution < -0.4 is 10.6 Å². The Labute approximate surface area is 160 Å². The molecular formula is C17H22Cl3N3O. The third kappa shape index (κ3) is 7.05. The van der Waals surface area contributed by atoms with Gasteiger partial charge in [-0.1, -0.05) is 30.7 Å². The van der Waals surface area contributed by atoms with Crippen LogP contribution in [0.15, 0.2) is 42.7 Å². The van der Waals surface area contributed by atoms with Gasteiger partial charge in [0.25, 0.3) is 5.91 Å². The lowest BCUT2D eigenvalue weighted by molar-refractivity contribution is 0.0953. The molecule has 0 bridgehead atoms. The summed E-state index contributed by atoms with van der Waals surface area (Å²) >= 11 is 5.89. The topological polar surface area (TPSA) is 54.0 Å². The second kappa shape index (κ2) is 12.1. The van der Waals surface area contributed by atoms with Crippen LogP contribution in [0.3, 0.4) is 0 Å². The summed E-state index contributed by atoms with van der Waals surface area (Å²) in [6, 6.07) is 9.31. The Hall–Kier alpha value is -1.33. The highest BCUT2D eigenvalue weighted by Crippen LogP contribution is 2.21. The highest BCUT2D eigenvalue weighted by molar-refractivity contribution is 6.30. The number of hydrogen-bond acceptors (Lipinski definition) is 3. The molecule has 1 aromatic heterocycles. The number of pyridine rings is 1. The highest BCUT2D eigenvalue weighted by atomic mass is 35.5. The van der Waals surface area contributed by atoms with E-state index in [1.807, 2.05) is 30.3 Å². The summed E-state index contributed by atoms with van der Waals surface area (Å²) in [5.74, 6) is -0.110. The van der Waals surface area contributed by atoms with Crippen LogP contribution in [0.2, 0.25) is 5.02 Å². The maximum Gasteiger partial charge on any atom is 0.252 e. The van der Waals surface area contributed by atoms with E-state index >= 15 is 0 Å². The van der Waals surface area contributed by atoms with Crippen LogP contribution in [-0.4, -0.2) is 30.5 Å². The first-order valence-corrected chi connectivity index (χ1v) is 7.78. The Morgan fingerprint density at radius 1 is 1.04 bits per heavy atom. The van der Waals surface area contributed by atoms with Gasteiger partial charge in [0.2, 0.25) is 0 Å². The number of nitrogens with zero attached hydrogens (tertiary/aromatic N) is 1. The number of carbonyl (C=O) groups is 1. The predicted octanol–water partition coefficient (Wildman–Crippen LogP) is 3.98. The number of nitrogens with one attached hydrogen (secondary N) is 2. The van der Waals surface area contributed by atoms with E-state index in [-0.39, 0.29) is 30.7 Å². The smallest absolute Gasteiger partial charge is 0.252 e. The molecular weight excluding hydrogens is 369 g/mol. The van der Waals surface area contributed by atoms with Crippen molar-refractivity contribution in [2.45, 2.75) is 13.3 Å². The zero-order chi connectivity index (χ0) is 15.8. The molecule has 2 rings (SSSR count). The molecule has 0 fully saturated rings. The highest BCUT2D eigenvalue weighted by Gasteiger charge is 2.07. The Morgan fingerprint density at radius 3 is 2.42 bits per heavy atom. The van der Waals surface area contributed by atoms with E-state index in [4.69, 9.17) is 11.6 Å². The number of hydrogen-bond donors (Lipinski definition) is 2. The van der Waals surface area contributed by atoms with E-state index in [2.05, 4.69) is 22.5 Å². The molecule has 1 amide bonds. The van der Waals surface area contributed by atoms with Crippen LogP contribution in [0, 0.1) is 0 Å². The zero-order valence-electron chi connectivity index (χ0n) is 13.4. The molecule has 2 aromatic rings. The molecule has 4 nitrogen and oxygen atoms in total. The average molecular weight is 391 g/mol. The first-order chi connectivity index (χ1) is 10.7. The molecule has 24 heavy (non-hydrogen) atoms. The minimum Gasteiger partial charge on any atom is -0.351 e. The van der Waals surface area contributed by atoms with Crippen molar-refractivity contribution >= 4 is 42.3 Å². The molecule has 1 aromatic carbocycles. The lowest BCUT2D eigenvalue weighted by Gasteiger charge is -2.07. The van der Waals surface area contributed by atoms with Gasteiger partial charge in [0.15, 0.2) is 0 Å². The van der Waals surface area contributed by atoms with E-state index in [0.29, 0.717) is 17.1 Å². The predicted molar refractivity (Wildman–Crippen MR) is 105 cm³/mol. The van der Waals surface area contributed by atoms with Gasteiger partial charge in [-0.3, -0.25) is 9.78 Å². The van der Waals surface area contributed by atoms with Crippen LogP contribution >= 0.6 is 36.4 Å². The number of rotatable bonds is 7. The van der Waals surface area contributed by atoms with Crippen molar-refractivity contribution in [3.63, 3.8) is 0 Å². The summed E-state index contributed by atoms with van der Waals surface area (Å²) in [7, 11) is 0. The molecule has 0 aliphatic heterocycles. The van der Waals surface area contributed by atoms with E-state index in [9.17, 15) is 4.79 Å². The van der Waals surface area contributed by atoms with Gasteiger partial charge < -0.3 is 10.6 Å². The minimum atomic E-state index is -0.110. The molecule has 0 unspecified atom stereocenters. The van der Waals surface area contributed by atoms with Gasteiger partial charge >= 0.3 is 0 Å². The molecule has 7 heteroatoms. The average Bonchev–Trinajstić information content (AvgIpc) is 2.55. The van der Waals surface area contributed by atoms with E-state index in [1.165, 1.54) is 0 Å². The van der Waals surface area contributed by atoms with Crippen molar-refractivity contribution in [3.8, 4) is 11.1 Å². The van der Waals surface area contributed by atoms with Crippen LogP contribution in [0.25, 0.3) is 11.1 Å². The Morgan fingerprint density at radius 2 is 1.75 bits per heavy atom. The Bertz CT molecular complexity index is 621. The van der Waals surface area contributed by atoms with Crippen LogP contribution in [0.4, 0.5) is 0 Å². The second-order valence-electron chi connectivity index (χ2n) is 4.98. The summed E-state index contributed by atoms with van der Waals surface area (Å²) in [6.45, 7) is 4.44.